The summed E-state index contributed by atoms with van der Waals surface area (Å²) in [5, 5.41) is 17.8. The molecule has 0 heterocycles. The van der Waals surface area contributed by atoms with E-state index in [-0.39, 0.29) is 27.7 Å². The molecular formula is C37H34AgCl2NO2P2+2. The Balaban J connectivity index is 0.000000262. The van der Waals surface area contributed by atoms with Gasteiger partial charge >= 0.3 is 22.4 Å². The van der Waals surface area contributed by atoms with Crippen LogP contribution in [0.25, 0.3) is 0 Å². The Labute approximate surface area is 294 Å². The number of alkyl halides is 2. The maximum absolute atomic E-state index is 8.00. The Morgan fingerprint density at radius 2 is 0.511 bits per heavy atom. The molecule has 8 heteroatoms. The third kappa shape index (κ3) is 13.0. The molecule has 0 atom stereocenters. The molecule has 0 unspecified atom stereocenters. The molecule has 0 aliphatic carbocycles. The van der Waals surface area contributed by atoms with Crippen LogP contribution in [0.5, 0.6) is 0 Å². The van der Waals surface area contributed by atoms with E-state index in [0.717, 1.165) is 5.34 Å². The molecule has 3 nitrogen and oxygen atoms in total. The zero-order valence-electron chi connectivity index (χ0n) is 24.3. The zero-order valence-corrected chi connectivity index (χ0v) is 29.3. The monoisotopic (exact) mass is 763 g/mol. The van der Waals surface area contributed by atoms with E-state index in [9.17, 15) is 0 Å². The first-order chi connectivity index (χ1) is 21.7. The molecular weight excluding hydrogens is 731 g/mol. The second-order valence-corrected chi connectivity index (χ2v) is 14.9. The summed E-state index contributed by atoms with van der Waals surface area (Å²) in [6, 6.07) is 65.0. The number of hydrogen-bond donors (Lipinski definition) is 0. The van der Waals surface area contributed by atoms with Crippen LogP contribution in [0.1, 0.15) is 0 Å². The van der Waals surface area contributed by atoms with Crippen LogP contribution in [0.15, 0.2) is 187 Å². The summed E-state index contributed by atoms with van der Waals surface area (Å²) in [7, 11) is -1.75. The number of halogens is 2. The van der Waals surface area contributed by atoms with Crippen molar-refractivity contribution in [2.75, 3.05) is 5.34 Å². The first-order valence-corrected chi connectivity index (χ1v) is 17.9. The quantitative estimate of drug-likeness (QED) is 0.0568. The summed E-state index contributed by atoms with van der Waals surface area (Å²) in [5.41, 5.74) is 0. The van der Waals surface area contributed by atoms with Gasteiger partial charge in [0.15, 0.2) is 0 Å². The number of rotatable bonds is 6. The van der Waals surface area contributed by atoms with Gasteiger partial charge in [-0.3, -0.25) is 0 Å². The molecule has 6 aromatic rings. The van der Waals surface area contributed by atoms with Crippen LogP contribution in [0.4, 0.5) is 0 Å². The SMILES string of the molecule is ClCCl.O=N[O-].[Ag+].c1ccc([PH+](c2ccccc2)c2ccccc2)cc1.c1ccc([PH+](c2ccccc2)c2ccccc2)cc1. The van der Waals surface area contributed by atoms with Gasteiger partial charge in [0.2, 0.25) is 0 Å². The zero-order chi connectivity index (χ0) is 31.2. The summed E-state index contributed by atoms with van der Waals surface area (Å²) < 4.78 is 0. The van der Waals surface area contributed by atoms with Gasteiger partial charge < -0.3 is 10.1 Å². The van der Waals surface area contributed by atoms with Gasteiger partial charge in [0.05, 0.1) is 21.2 Å². The van der Waals surface area contributed by atoms with Crippen LogP contribution in [0, 0.1) is 10.1 Å². The first kappa shape index (κ1) is 38.1. The molecule has 0 aliphatic heterocycles. The molecule has 0 spiro atoms. The summed E-state index contributed by atoms with van der Waals surface area (Å²) in [6.07, 6.45) is 0. The van der Waals surface area contributed by atoms with Crippen LogP contribution in [0.2, 0.25) is 0 Å². The van der Waals surface area contributed by atoms with Gasteiger partial charge in [0.25, 0.3) is 0 Å². The fourth-order valence-electron chi connectivity index (χ4n) is 4.63. The van der Waals surface area contributed by atoms with E-state index in [1.807, 2.05) is 0 Å². The van der Waals surface area contributed by atoms with Gasteiger partial charge in [0, 0.05) is 0 Å². The van der Waals surface area contributed by atoms with Gasteiger partial charge in [-0.2, -0.15) is 0 Å². The maximum atomic E-state index is 8.00. The van der Waals surface area contributed by atoms with Gasteiger partial charge in [-0.25, -0.2) is 0 Å². The normalized spacial score (nSPS) is 9.60. The predicted molar refractivity (Wildman–Crippen MR) is 199 cm³/mol. The van der Waals surface area contributed by atoms with Crippen LogP contribution >= 0.6 is 39.0 Å². The summed E-state index contributed by atoms with van der Waals surface area (Å²) in [6.45, 7) is 0. The second kappa shape index (κ2) is 23.3. The fraction of sp³-hybridized carbons (Fsp3) is 0.0270. The summed E-state index contributed by atoms with van der Waals surface area (Å²) in [5.74, 6) is 0. The molecule has 6 aromatic carbocycles. The first-order valence-electron chi connectivity index (χ1n) is 13.9. The summed E-state index contributed by atoms with van der Waals surface area (Å²) >= 11 is 9.53. The van der Waals surface area contributed by atoms with Crippen molar-refractivity contribution >= 4 is 70.9 Å². The van der Waals surface area contributed by atoms with E-state index in [2.05, 4.69) is 182 Å². The topological polar surface area (TPSA) is 52.5 Å². The second-order valence-electron chi connectivity index (χ2n) is 9.12. The predicted octanol–water partition coefficient (Wildman–Crippen LogP) is 8.02. The fourth-order valence-corrected chi connectivity index (χ4v) is 9.78. The molecule has 0 saturated heterocycles. The molecule has 0 bridgehead atoms. The third-order valence-corrected chi connectivity index (χ3v) is 11.8. The van der Waals surface area contributed by atoms with E-state index < -0.39 is 15.8 Å². The third-order valence-electron chi connectivity index (χ3n) is 6.37. The minimum Gasteiger partial charge on any atom is -0.444 e. The minimum atomic E-state index is -0.877. The van der Waals surface area contributed by atoms with Crippen molar-refractivity contribution in [3.05, 3.63) is 192 Å². The van der Waals surface area contributed by atoms with Crippen molar-refractivity contribution in [2.45, 2.75) is 0 Å². The van der Waals surface area contributed by atoms with Crippen molar-refractivity contribution in [2.24, 2.45) is 5.34 Å². The largest absolute Gasteiger partial charge is 1.00 e. The standard InChI is InChI=1S/2C18H15P.CH2Cl2.Ag.HNO2/c2*1-4-10-16(11-5-1)19(17-12-6-2-7-13-17)18-14-8-3-9-15-18;2-1-3;;2-1-3/h2*1-15H;1H2;;(H,2,3)/q;;;+1;/p+1. The van der Waals surface area contributed by atoms with E-state index in [1.54, 1.807) is 0 Å². The molecule has 6 rings (SSSR count). The van der Waals surface area contributed by atoms with Crippen molar-refractivity contribution < 1.29 is 22.4 Å². The Morgan fingerprint density at radius 1 is 0.400 bits per heavy atom. The van der Waals surface area contributed by atoms with Crippen LogP contribution in [0.3, 0.4) is 0 Å². The smallest absolute Gasteiger partial charge is 0.444 e. The Morgan fingerprint density at radius 3 is 0.622 bits per heavy atom. The molecule has 0 amide bonds. The minimum absolute atomic E-state index is 0. The Hall–Kier alpha value is -3.10. The number of nitrogens with zero attached hydrogens (tertiary/aromatic N) is 1. The van der Waals surface area contributed by atoms with Crippen LogP contribution in [-0.4, -0.2) is 5.34 Å². The van der Waals surface area contributed by atoms with Gasteiger partial charge in [-0.15, -0.1) is 28.5 Å². The molecule has 0 radical (unpaired) electrons. The van der Waals surface area contributed by atoms with Gasteiger partial charge in [0.1, 0.15) is 31.8 Å². The van der Waals surface area contributed by atoms with Crippen molar-refractivity contribution in [3.8, 4) is 0 Å². The van der Waals surface area contributed by atoms with Crippen molar-refractivity contribution in [1.29, 1.82) is 0 Å². The van der Waals surface area contributed by atoms with Gasteiger partial charge in [-0.05, 0) is 72.8 Å². The van der Waals surface area contributed by atoms with Crippen LogP contribution < -0.4 is 31.8 Å². The number of hydrogen-bond acceptors (Lipinski definition) is 3. The average Bonchev–Trinajstić information content (AvgIpc) is 3.09. The molecule has 0 N–H and O–H groups in total. The maximum Gasteiger partial charge on any atom is 1.00 e. The molecule has 45 heavy (non-hydrogen) atoms. The Bertz CT molecular complexity index is 1270. The molecule has 232 valence electrons. The van der Waals surface area contributed by atoms with Crippen LogP contribution in [-0.2, 0) is 22.4 Å². The molecule has 0 aliphatic rings. The number of benzene rings is 6. The van der Waals surface area contributed by atoms with E-state index in [4.69, 9.17) is 33.3 Å². The summed E-state index contributed by atoms with van der Waals surface area (Å²) in [4.78, 5) is 8.00. The van der Waals surface area contributed by atoms with E-state index in [1.165, 1.54) is 31.8 Å². The van der Waals surface area contributed by atoms with Crippen molar-refractivity contribution in [3.63, 3.8) is 0 Å². The van der Waals surface area contributed by atoms with Gasteiger partial charge in [-0.1, -0.05) is 109 Å². The molecule has 0 aromatic heterocycles. The Kier molecular flexibility index (Phi) is 19.7. The van der Waals surface area contributed by atoms with E-state index in [0.29, 0.717) is 0 Å². The molecule has 0 fully saturated rings. The molecule has 0 saturated carbocycles. The van der Waals surface area contributed by atoms with Crippen molar-refractivity contribution in [1.82, 2.24) is 0 Å². The average molecular weight is 765 g/mol. The van der Waals surface area contributed by atoms with E-state index >= 15 is 0 Å².